The summed E-state index contributed by atoms with van der Waals surface area (Å²) in [5.74, 6) is 0.323. The smallest absolute Gasteiger partial charge is 0.230 e. The third-order valence-corrected chi connectivity index (χ3v) is 7.24. The van der Waals surface area contributed by atoms with E-state index >= 15 is 0 Å². The second kappa shape index (κ2) is 6.46. The van der Waals surface area contributed by atoms with E-state index in [1.807, 2.05) is 0 Å². The Balaban J connectivity index is 1.92. The van der Waals surface area contributed by atoms with Gasteiger partial charge < -0.3 is 0 Å². The molecule has 24 heavy (non-hydrogen) atoms. The minimum atomic E-state index is -4.66. The van der Waals surface area contributed by atoms with Crippen LogP contribution in [0, 0.1) is 5.92 Å². The van der Waals surface area contributed by atoms with Crippen LogP contribution in [0.5, 0.6) is 0 Å². The lowest BCUT2D eigenvalue weighted by Crippen LogP contribution is -2.39. The molecule has 9 heteroatoms. The van der Waals surface area contributed by atoms with Gasteiger partial charge in [0.2, 0.25) is 10.0 Å². The highest BCUT2D eigenvalue weighted by Crippen LogP contribution is 2.39. The SMILES string of the molecule is O=S(=O)(c1ccc(C(F)(F)F)nc1Cl)N1CCC[C@H]1C1CCCC1. The predicted octanol–water partition coefficient (Wildman–Crippen LogP) is 4.10. The summed E-state index contributed by atoms with van der Waals surface area (Å²) in [5, 5.41) is -0.623. The second-order valence-corrected chi connectivity index (χ2v) is 8.57. The summed E-state index contributed by atoms with van der Waals surface area (Å²) in [6.45, 7) is 0.376. The molecule has 1 aromatic heterocycles. The Labute approximate surface area is 144 Å². The van der Waals surface area contributed by atoms with Gasteiger partial charge in [-0.3, -0.25) is 0 Å². The molecule has 1 aliphatic heterocycles. The highest BCUT2D eigenvalue weighted by Gasteiger charge is 2.42. The first-order chi connectivity index (χ1) is 11.2. The van der Waals surface area contributed by atoms with Crippen LogP contribution in [-0.4, -0.2) is 30.3 Å². The van der Waals surface area contributed by atoms with Crippen molar-refractivity contribution in [1.82, 2.24) is 9.29 Å². The van der Waals surface area contributed by atoms with Crippen molar-refractivity contribution in [3.63, 3.8) is 0 Å². The van der Waals surface area contributed by atoms with Gasteiger partial charge in [0.25, 0.3) is 0 Å². The Morgan fingerprint density at radius 2 is 1.79 bits per heavy atom. The average Bonchev–Trinajstić information content (AvgIpc) is 3.17. The minimum Gasteiger partial charge on any atom is -0.230 e. The Hall–Kier alpha value is -0.860. The summed E-state index contributed by atoms with van der Waals surface area (Å²) in [5.41, 5.74) is -1.19. The first-order valence-electron chi connectivity index (χ1n) is 7.97. The van der Waals surface area contributed by atoms with Crippen LogP contribution in [0.4, 0.5) is 13.2 Å². The third kappa shape index (κ3) is 3.28. The fourth-order valence-electron chi connectivity index (χ4n) is 3.78. The van der Waals surface area contributed by atoms with Crippen molar-refractivity contribution in [2.24, 2.45) is 5.92 Å². The van der Waals surface area contributed by atoms with Gasteiger partial charge in [0.15, 0.2) is 0 Å². The van der Waals surface area contributed by atoms with Gasteiger partial charge in [-0.25, -0.2) is 13.4 Å². The average molecular weight is 383 g/mol. The van der Waals surface area contributed by atoms with Gasteiger partial charge in [0, 0.05) is 12.6 Å². The molecule has 134 valence electrons. The molecule has 1 atom stereocenters. The summed E-state index contributed by atoms with van der Waals surface area (Å²) < 4.78 is 65.3. The van der Waals surface area contributed by atoms with E-state index in [0.29, 0.717) is 18.5 Å². The number of hydrogen-bond donors (Lipinski definition) is 0. The number of halogens is 4. The molecule has 0 amide bonds. The first-order valence-corrected chi connectivity index (χ1v) is 9.78. The monoisotopic (exact) mass is 382 g/mol. The summed E-state index contributed by atoms with van der Waals surface area (Å²) in [4.78, 5) is 2.89. The first kappa shape index (κ1) is 17.9. The molecular weight excluding hydrogens is 365 g/mol. The van der Waals surface area contributed by atoms with E-state index in [-0.39, 0.29) is 10.9 Å². The molecule has 0 aromatic carbocycles. The van der Waals surface area contributed by atoms with E-state index in [4.69, 9.17) is 11.6 Å². The number of sulfonamides is 1. The van der Waals surface area contributed by atoms with Gasteiger partial charge in [-0.2, -0.15) is 17.5 Å². The molecule has 2 heterocycles. The molecule has 1 aromatic rings. The van der Waals surface area contributed by atoms with Gasteiger partial charge in [-0.1, -0.05) is 24.4 Å². The van der Waals surface area contributed by atoms with Crippen LogP contribution < -0.4 is 0 Å². The van der Waals surface area contributed by atoms with Crippen LogP contribution in [0.1, 0.15) is 44.2 Å². The molecule has 1 saturated heterocycles. The maximum Gasteiger partial charge on any atom is 0.433 e. The van der Waals surface area contributed by atoms with Crippen LogP contribution in [0.2, 0.25) is 5.15 Å². The largest absolute Gasteiger partial charge is 0.433 e. The number of aromatic nitrogens is 1. The molecule has 2 aliphatic rings. The van der Waals surface area contributed by atoms with E-state index in [2.05, 4.69) is 4.98 Å². The van der Waals surface area contributed by atoms with Gasteiger partial charge in [-0.05, 0) is 43.7 Å². The zero-order chi connectivity index (χ0) is 17.5. The van der Waals surface area contributed by atoms with Crippen molar-refractivity contribution in [3.05, 3.63) is 23.0 Å². The molecule has 2 fully saturated rings. The summed E-state index contributed by atoms with van der Waals surface area (Å²) in [7, 11) is -3.95. The van der Waals surface area contributed by atoms with E-state index in [1.54, 1.807) is 0 Å². The van der Waals surface area contributed by atoms with Crippen molar-refractivity contribution in [2.75, 3.05) is 6.54 Å². The van der Waals surface area contributed by atoms with Crippen LogP contribution in [0.3, 0.4) is 0 Å². The highest BCUT2D eigenvalue weighted by atomic mass is 35.5. The summed E-state index contributed by atoms with van der Waals surface area (Å²) in [6.07, 6.45) is 1.06. The minimum absolute atomic E-state index is 0.0872. The molecule has 1 saturated carbocycles. The van der Waals surface area contributed by atoms with Gasteiger partial charge in [0.05, 0.1) is 0 Å². The van der Waals surface area contributed by atoms with Crippen LogP contribution >= 0.6 is 11.6 Å². The van der Waals surface area contributed by atoms with Gasteiger partial charge in [-0.15, -0.1) is 0 Å². The number of alkyl halides is 3. The van der Waals surface area contributed by atoms with Crippen molar-refractivity contribution in [2.45, 2.75) is 55.6 Å². The zero-order valence-corrected chi connectivity index (χ0v) is 14.5. The van der Waals surface area contributed by atoms with Crippen molar-refractivity contribution < 1.29 is 21.6 Å². The van der Waals surface area contributed by atoms with Crippen molar-refractivity contribution in [1.29, 1.82) is 0 Å². The van der Waals surface area contributed by atoms with E-state index in [9.17, 15) is 21.6 Å². The van der Waals surface area contributed by atoms with E-state index in [0.717, 1.165) is 44.6 Å². The van der Waals surface area contributed by atoms with Crippen LogP contribution in [0.15, 0.2) is 17.0 Å². The molecule has 0 N–H and O–H groups in total. The zero-order valence-electron chi connectivity index (χ0n) is 12.9. The quantitative estimate of drug-likeness (QED) is 0.739. The third-order valence-electron chi connectivity index (χ3n) is 4.88. The van der Waals surface area contributed by atoms with E-state index in [1.165, 1.54) is 4.31 Å². The fraction of sp³-hybridized carbons (Fsp3) is 0.667. The Kier molecular flexibility index (Phi) is 4.83. The van der Waals surface area contributed by atoms with Crippen LogP contribution in [0.25, 0.3) is 0 Å². The fourth-order valence-corrected chi connectivity index (χ4v) is 5.98. The standard InChI is InChI=1S/C15H18ClF3N2O2S/c16-14-12(7-8-13(20-14)15(17,18)19)24(22,23)21-9-3-6-11(21)10-4-1-2-5-10/h7-8,10-11H,1-6,9H2/t11-/m0/s1. The Morgan fingerprint density at radius 3 is 2.38 bits per heavy atom. The maximum atomic E-state index is 12.9. The maximum absolute atomic E-state index is 12.9. The summed E-state index contributed by atoms with van der Waals surface area (Å²) >= 11 is 5.79. The second-order valence-electron chi connectivity index (χ2n) is 6.35. The lowest BCUT2D eigenvalue weighted by Gasteiger charge is -2.28. The normalized spacial score (nSPS) is 23.9. The van der Waals surface area contributed by atoms with Gasteiger partial charge >= 0.3 is 6.18 Å². The molecular formula is C15H18ClF3N2O2S. The molecule has 3 rings (SSSR count). The topological polar surface area (TPSA) is 50.3 Å². The molecule has 1 aliphatic carbocycles. The molecule has 0 unspecified atom stereocenters. The van der Waals surface area contributed by atoms with Crippen molar-refractivity contribution in [3.8, 4) is 0 Å². The highest BCUT2D eigenvalue weighted by molar-refractivity contribution is 7.89. The van der Waals surface area contributed by atoms with E-state index < -0.39 is 27.0 Å². The van der Waals surface area contributed by atoms with Crippen LogP contribution in [-0.2, 0) is 16.2 Å². The number of hydrogen-bond acceptors (Lipinski definition) is 3. The number of rotatable bonds is 3. The molecule has 0 spiro atoms. The number of nitrogens with zero attached hydrogens (tertiary/aromatic N) is 2. The Bertz CT molecular complexity index is 718. The lowest BCUT2D eigenvalue weighted by molar-refractivity contribution is -0.141. The Morgan fingerprint density at radius 1 is 1.12 bits per heavy atom. The molecule has 4 nitrogen and oxygen atoms in total. The van der Waals surface area contributed by atoms with Gasteiger partial charge in [0.1, 0.15) is 15.7 Å². The summed E-state index contributed by atoms with van der Waals surface area (Å²) in [6, 6.07) is 1.49. The molecule has 0 radical (unpaired) electrons. The number of pyridine rings is 1. The molecule has 0 bridgehead atoms. The predicted molar refractivity (Wildman–Crippen MR) is 83.1 cm³/mol. The lowest BCUT2D eigenvalue weighted by atomic mass is 9.97. The van der Waals surface area contributed by atoms with Crippen molar-refractivity contribution >= 4 is 21.6 Å².